The topological polar surface area (TPSA) is 16.1 Å². The molecular formula is C17H23F3N2. The maximum Gasteiger partial charge on any atom is 0.391 e. The van der Waals surface area contributed by atoms with Crippen LogP contribution in [0, 0.1) is 5.92 Å². The molecule has 122 valence electrons. The van der Waals surface area contributed by atoms with E-state index >= 15 is 0 Å². The van der Waals surface area contributed by atoms with Crippen molar-refractivity contribution >= 4 is 6.08 Å². The average molecular weight is 312 g/mol. The minimum atomic E-state index is -4.05. The van der Waals surface area contributed by atoms with Gasteiger partial charge < -0.3 is 0 Å². The molecule has 2 nitrogen and oxygen atoms in total. The maximum absolute atomic E-state index is 12.7. The lowest BCUT2D eigenvalue weighted by molar-refractivity contribution is -0.185. The summed E-state index contributed by atoms with van der Waals surface area (Å²) in [5, 5.41) is 0. The summed E-state index contributed by atoms with van der Waals surface area (Å²) < 4.78 is 38.1. The number of hydrogen-bond acceptors (Lipinski definition) is 2. The fourth-order valence-corrected chi connectivity index (χ4v) is 2.96. The number of alkyl halides is 3. The van der Waals surface area contributed by atoms with Crippen molar-refractivity contribution in [1.29, 1.82) is 0 Å². The van der Waals surface area contributed by atoms with Gasteiger partial charge in [-0.05, 0) is 55.1 Å². The lowest BCUT2D eigenvalue weighted by atomic mass is 9.94. The van der Waals surface area contributed by atoms with Crippen LogP contribution in [0.1, 0.15) is 49.4 Å². The zero-order valence-corrected chi connectivity index (χ0v) is 13.2. The van der Waals surface area contributed by atoms with Crippen molar-refractivity contribution in [2.45, 2.75) is 45.3 Å². The Morgan fingerprint density at radius 1 is 1.36 bits per heavy atom. The van der Waals surface area contributed by atoms with Gasteiger partial charge in [-0.1, -0.05) is 20.4 Å². The minimum absolute atomic E-state index is 0.193. The van der Waals surface area contributed by atoms with Crippen molar-refractivity contribution < 1.29 is 13.2 Å². The third-order valence-electron chi connectivity index (χ3n) is 4.32. The van der Waals surface area contributed by atoms with Crippen LogP contribution in [0.5, 0.6) is 0 Å². The molecule has 0 aromatic carbocycles. The minimum Gasteiger partial charge on any atom is -0.299 e. The molecule has 2 heterocycles. The molecule has 0 radical (unpaired) electrons. The van der Waals surface area contributed by atoms with E-state index in [1.165, 1.54) is 5.56 Å². The van der Waals surface area contributed by atoms with Crippen LogP contribution in [-0.2, 0) is 6.54 Å². The van der Waals surface area contributed by atoms with Crippen LogP contribution in [0.3, 0.4) is 0 Å². The van der Waals surface area contributed by atoms with Crippen LogP contribution in [-0.4, -0.2) is 29.1 Å². The molecule has 5 heteroatoms. The first-order chi connectivity index (χ1) is 10.3. The Hall–Kier alpha value is -1.36. The molecule has 1 fully saturated rings. The van der Waals surface area contributed by atoms with Crippen molar-refractivity contribution in [3.8, 4) is 0 Å². The number of aromatic nitrogens is 1. The predicted octanol–water partition coefficient (Wildman–Crippen LogP) is 4.62. The van der Waals surface area contributed by atoms with Crippen molar-refractivity contribution in [1.82, 2.24) is 9.88 Å². The molecule has 2 rings (SSSR count). The van der Waals surface area contributed by atoms with Crippen LogP contribution in [0.25, 0.3) is 6.08 Å². The second-order valence-corrected chi connectivity index (χ2v) is 6.26. The Morgan fingerprint density at radius 2 is 2.00 bits per heavy atom. The fourth-order valence-electron chi connectivity index (χ4n) is 2.96. The van der Waals surface area contributed by atoms with Gasteiger partial charge in [0.2, 0.25) is 0 Å². The lowest BCUT2D eigenvalue weighted by Gasteiger charge is -2.33. The molecule has 0 N–H and O–H groups in total. The zero-order chi connectivity index (χ0) is 16.3. The highest BCUT2D eigenvalue weighted by molar-refractivity contribution is 5.45. The van der Waals surface area contributed by atoms with Gasteiger partial charge in [0, 0.05) is 12.7 Å². The summed E-state index contributed by atoms with van der Waals surface area (Å²) >= 11 is 0. The van der Waals surface area contributed by atoms with Crippen molar-refractivity contribution in [3.05, 3.63) is 35.7 Å². The number of pyridine rings is 1. The Kier molecular flexibility index (Phi) is 5.27. The average Bonchev–Trinajstić information content (AvgIpc) is 2.47. The molecule has 0 spiro atoms. The van der Waals surface area contributed by atoms with Gasteiger partial charge in [-0.25, -0.2) is 0 Å². The number of nitrogens with zero attached hydrogens (tertiary/aromatic N) is 2. The first-order valence-electron chi connectivity index (χ1n) is 7.71. The van der Waals surface area contributed by atoms with Gasteiger partial charge in [0.15, 0.2) is 0 Å². The van der Waals surface area contributed by atoms with Crippen LogP contribution in [0.2, 0.25) is 0 Å². The summed E-state index contributed by atoms with van der Waals surface area (Å²) in [7, 11) is 0. The molecule has 1 aliphatic heterocycles. The molecule has 0 atom stereocenters. The number of hydrogen-bond donors (Lipinski definition) is 0. The number of halogens is 3. The molecule has 1 aliphatic rings. The van der Waals surface area contributed by atoms with E-state index in [0.29, 0.717) is 25.6 Å². The molecule has 0 unspecified atom stereocenters. The van der Waals surface area contributed by atoms with Crippen LogP contribution in [0.15, 0.2) is 18.8 Å². The molecule has 1 saturated heterocycles. The number of likely N-dealkylation sites (tertiary alicyclic amines) is 1. The van der Waals surface area contributed by atoms with Crippen LogP contribution >= 0.6 is 0 Å². The first-order valence-corrected chi connectivity index (χ1v) is 7.71. The summed E-state index contributed by atoms with van der Waals surface area (Å²) in [4.78, 5) is 6.43. The molecule has 22 heavy (non-hydrogen) atoms. The number of rotatable bonds is 4. The first kappa shape index (κ1) is 17.0. The fraction of sp³-hybridized carbons (Fsp3) is 0.588. The Balaban J connectivity index is 2.04. The molecule has 0 bridgehead atoms. The summed E-state index contributed by atoms with van der Waals surface area (Å²) in [6.45, 7) is 9.61. The van der Waals surface area contributed by atoms with Gasteiger partial charge >= 0.3 is 6.18 Å². The summed E-state index contributed by atoms with van der Waals surface area (Å²) in [5.41, 5.74) is 3.14. The molecule has 1 aromatic rings. The van der Waals surface area contributed by atoms with Gasteiger partial charge in [-0.15, -0.1) is 0 Å². The van der Waals surface area contributed by atoms with Crippen LogP contribution < -0.4 is 0 Å². The normalized spacial score (nSPS) is 17.9. The Labute approximate surface area is 130 Å². The van der Waals surface area contributed by atoms with E-state index in [2.05, 4.69) is 30.3 Å². The van der Waals surface area contributed by atoms with Gasteiger partial charge in [0.25, 0.3) is 0 Å². The van der Waals surface area contributed by atoms with E-state index in [4.69, 9.17) is 0 Å². The van der Waals surface area contributed by atoms with E-state index in [-0.39, 0.29) is 12.8 Å². The SMILES string of the molecule is C=Cc1cc(C(C)C)c(CN2CCC(C(F)(F)F)CC2)cn1. The Morgan fingerprint density at radius 3 is 2.50 bits per heavy atom. The highest BCUT2D eigenvalue weighted by Crippen LogP contribution is 2.34. The Bertz CT molecular complexity index is 515. The smallest absolute Gasteiger partial charge is 0.299 e. The summed E-state index contributed by atoms with van der Waals surface area (Å²) in [6, 6.07) is 2.02. The van der Waals surface area contributed by atoms with Crippen molar-refractivity contribution in [3.63, 3.8) is 0 Å². The number of piperidine rings is 1. The van der Waals surface area contributed by atoms with Crippen LogP contribution in [0.4, 0.5) is 13.2 Å². The molecule has 0 aliphatic carbocycles. The standard InChI is InChI=1S/C17H23F3N2/c1-4-15-9-16(12(2)3)13(10-21-15)11-22-7-5-14(6-8-22)17(18,19)20/h4,9-10,12,14H,1,5-8,11H2,2-3H3. The second-order valence-electron chi connectivity index (χ2n) is 6.26. The maximum atomic E-state index is 12.7. The zero-order valence-electron chi connectivity index (χ0n) is 13.2. The van der Waals surface area contributed by atoms with Gasteiger partial charge in [-0.2, -0.15) is 13.2 Å². The van der Waals surface area contributed by atoms with Crippen molar-refractivity contribution in [2.75, 3.05) is 13.1 Å². The monoisotopic (exact) mass is 312 g/mol. The van der Waals surface area contributed by atoms with E-state index < -0.39 is 12.1 Å². The quantitative estimate of drug-likeness (QED) is 0.806. The van der Waals surface area contributed by atoms with Gasteiger partial charge in [0.1, 0.15) is 0 Å². The highest BCUT2D eigenvalue weighted by Gasteiger charge is 2.41. The molecule has 0 amide bonds. The third kappa shape index (κ3) is 4.09. The molecule has 0 saturated carbocycles. The van der Waals surface area contributed by atoms with Gasteiger partial charge in [0.05, 0.1) is 11.6 Å². The summed E-state index contributed by atoms with van der Waals surface area (Å²) in [6.07, 6.45) is -0.119. The van der Waals surface area contributed by atoms with E-state index in [0.717, 1.165) is 11.3 Å². The van der Waals surface area contributed by atoms with E-state index in [1.54, 1.807) is 6.08 Å². The highest BCUT2D eigenvalue weighted by atomic mass is 19.4. The van der Waals surface area contributed by atoms with E-state index in [9.17, 15) is 13.2 Å². The molecular weight excluding hydrogens is 289 g/mol. The predicted molar refractivity (Wildman–Crippen MR) is 82.5 cm³/mol. The third-order valence-corrected chi connectivity index (χ3v) is 4.32. The lowest BCUT2D eigenvalue weighted by Crippen LogP contribution is -2.38. The van der Waals surface area contributed by atoms with E-state index in [1.807, 2.05) is 12.3 Å². The second kappa shape index (κ2) is 6.82. The van der Waals surface area contributed by atoms with Crippen molar-refractivity contribution in [2.24, 2.45) is 5.92 Å². The largest absolute Gasteiger partial charge is 0.391 e. The van der Waals surface area contributed by atoms with Gasteiger partial charge in [-0.3, -0.25) is 9.88 Å². The summed E-state index contributed by atoms with van der Waals surface area (Å²) in [5.74, 6) is -0.793. The molecule has 1 aromatic heterocycles.